The Morgan fingerprint density at radius 1 is 1.32 bits per heavy atom. The lowest BCUT2D eigenvalue weighted by Gasteiger charge is -2.07. The summed E-state index contributed by atoms with van der Waals surface area (Å²) in [5, 5.41) is 7.44. The van der Waals surface area contributed by atoms with Gasteiger partial charge in [-0.3, -0.25) is 4.68 Å². The minimum absolute atomic E-state index is 0.302. The smallest absolute Gasteiger partial charge is 0.118 e. The zero-order valence-electron chi connectivity index (χ0n) is 11.2. The van der Waals surface area contributed by atoms with Crippen molar-refractivity contribution in [1.82, 2.24) is 9.78 Å². The van der Waals surface area contributed by atoms with E-state index >= 15 is 0 Å². The molecule has 4 nitrogen and oxygen atoms in total. The van der Waals surface area contributed by atoms with E-state index < -0.39 is 6.67 Å². The molecule has 1 N–H and O–H groups in total. The molecule has 0 amide bonds. The third-order valence-corrected chi connectivity index (χ3v) is 3.04. The van der Waals surface area contributed by atoms with Gasteiger partial charge in [-0.25, -0.2) is 4.39 Å². The molecular weight excluding hydrogens is 245 g/mol. The van der Waals surface area contributed by atoms with E-state index in [1.807, 2.05) is 31.2 Å². The van der Waals surface area contributed by atoms with Crippen LogP contribution in [0.3, 0.4) is 0 Å². The second-order valence-electron chi connectivity index (χ2n) is 4.26. The van der Waals surface area contributed by atoms with Crippen LogP contribution in [0.2, 0.25) is 0 Å². The van der Waals surface area contributed by atoms with Gasteiger partial charge in [-0.15, -0.1) is 0 Å². The fourth-order valence-corrected chi connectivity index (χ4v) is 1.87. The molecule has 2 aromatic rings. The number of halogens is 1. The number of alkyl halides is 1. The first-order valence-corrected chi connectivity index (χ1v) is 6.19. The van der Waals surface area contributed by atoms with Gasteiger partial charge in [-0.1, -0.05) is 12.1 Å². The van der Waals surface area contributed by atoms with Gasteiger partial charge in [0.05, 0.1) is 31.2 Å². The predicted molar refractivity (Wildman–Crippen MR) is 73.3 cm³/mol. The Balaban J connectivity index is 1.97. The first kappa shape index (κ1) is 13.4. The van der Waals surface area contributed by atoms with Gasteiger partial charge in [0.25, 0.3) is 0 Å². The van der Waals surface area contributed by atoms with E-state index in [2.05, 4.69) is 10.4 Å². The molecule has 0 unspecified atom stereocenters. The Morgan fingerprint density at radius 2 is 2.05 bits per heavy atom. The number of nitrogens with one attached hydrogen (secondary N) is 1. The molecule has 0 saturated carbocycles. The zero-order valence-corrected chi connectivity index (χ0v) is 11.2. The van der Waals surface area contributed by atoms with Gasteiger partial charge in [0, 0.05) is 6.54 Å². The highest BCUT2D eigenvalue weighted by molar-refractivity contribution is 5.46. The third-order valence-electron chi connectivity index (χ3n) is 3.04. The normalized spacial score (nSPS) is 10.5. The molecule has 1 aromatic carbocycles. The second-order valence-corrected chi connectivity index (χ2v) is 4.26. The Bertz CT molecular complexity index is 522. The largest absolute Gasteiger partial charge is 0.497 e. The summed E-state index contributed by atoms with van der Waals surface area (Å²) in [6.45, 7) is 2.53. The molecular formula is C14H18FN3O. The number of hydrogen-bond donors (Lipinski definition) is 1. The van der Waals surface area contributed by atoms with E-state index in [-0.39, 0.29) is 0 Å². The molecule has 19 heavy (non-hydrogen) atoms. The fraction of sp³-hybridized carbons (Fsp3) is 0.357. The summed E-state index contributed by atoms with van der Waals surface area (Å²) in [5.41, 5.74) is 3.04. The Labute approximate surface area is 112 Å². The molecule has 0 atom stereocenters. The van der Waals surface area contributed by atoms with E-state index in [1.165, 1.54) is 0 Å². The number of methoxy groups -OCH3 is 1. The highest BCUT2D eigenvalue weighted by Gasteiger charge is 2.05. The van der Waals surface area contributed by atoms with Crippen LogP contribution in [0.15, 0.2) is 30.5 Å². The summed E-state index contributed by atoms with van der Waals surface area (Å²) < 4.78 is 19.1. The third kappa shape index (κ3) is 3.24. The number of aryl methyl sites for hydroxylation is 1. The summed E-state index contributed by atoms with van der Waals surface area (Å²) >= 11 is 0. The SMILES string of the molecule is COc1ccc(CNc2cnn(CCF)c2C)cc1. The average molecular weight is 263 g/mol. The van der Waals surface area contributed by atoms with Crippen molar-refractivity contribution in [3.63, 3.8) is 0 Å². The van der Waals surface area contributed by atoms with Crippen LogP contribution >= 0.6 is 0 Å². The van der Waals surface area contributed by atoms with Crippen molar-refractivity contribution < 1.29 is 9.13 Å². The molecule has 0 spiro atoms. The standard InChI is InChI=1S/C14H18FN3O/c1-11-14(10-17-18(11)8-7-15)16-9-12-3-5-13(19-2)6-4-12/h3-6,10,16H,7-9H2,1-2H3. The minimum Gasteiger partial charge on any atom is -0.497 e. The summed E-state index contributed by atoms with van der Waals surface area (Å²) in [6.07, 6.45) is 1.73. The van der Waals surface area contributed by atoms with E-state index in [0.29, 0.717) is 13.1 Å². The molecule has 0 saturated heterocycles. The predicted octanol–water partition coefficient (Wildman–Crippen LogP) is 2.78. The number of benzene rings is 1. The quantitative estimate of drug-likeness (QED) is 0.871. The number of aromatic nitrogens is 2. The minimum atomic E-state index is -0.402. The van der Waals surface area contributed by atoms with Crippen LogP contribution in [0.1, 0.15) is 11.3 Å². The maximum Gasteiger partial charge on any atom is 0.118 e. The molecule has 0 radical (unpaired) electrons. The lowest BCUT2D eigenvalue weighted by atomic mass is 10.2. The maximum absolute atomic E-state index is 12.3. The molecule has 0 aliphatic carbocycles. The molecule has 1 aromatic heterocycles. The van der Waals surface area contributed by atoms with Crippen LogP contribution < -0.4 is 10.1 Å². The first-order chi connectivity index (χ1) is 9.24. The maximum atomic E-state index is 12.3. The van der Waals surface area contributed by atoms with E-state index in [1.54, 1.807) is 18.0 Å². The summed E-state index contributed by atoms with van der Waals surface area (Å²) in [4.78, 5) is 0. The average Bonchev–Trinajstić information content (AvgIpc) is 2.79. The monoisotopic (exact) mass is 263 g/mol. The number of rotatable bonds is 6. The second kappa shape index (κ2) is 6.22. The number of ether oxygens (including phenoxy) is 1. The lowest BCUT2D eigenvalue weighted by Crippen LogP contribution is -2.05. The van der Waals surface area contributed by atoms with Gasteiger partial charge in [0.1, 0.15) is 12.4 Å². The molecule has 0 aliphatic heterocycles. The highest BCUT2D eigenvalue weighted by atomic mass is 19.1. The Morgan fingerprint density at radius 3 is 2.68 bits per heavy atom. The Kier molecular flexibility index (Phi) is 4.39. The zero-order chi connectivity index (χ0) is 13.7. The number of anilines is 1. The molecule has 5 heteroatoms. The number of nitrogens with zero attached hydrogens (tertiary/aromatic N) is 2. The van der Waals surface area contributed by atoms with Crippen molar-refractivity contribution in [2.45, 2.75) is 20.0 Å². The molecule has 102 valence electrons. The Hall–Kier alpha value is -2.04. The van der Waals surface area contributed by atoms with Crippen molar-refractivity contribution in [3.05, 3.63) is 41.7 Å². The van der Waals surface area contributed by atoms with Gasteiger partial charge in [-0.05, 0) is 24.6 Å². The van der Waals surface area contributed by atoms with Crippen LogP contribution in [0.25, 0.3) is 0 Å². The van der Waals surface area contributed by atoms with E-state index in [9.17, 15) is 4.39 Å². The highest BCUT2D eigenvalue weighted by Crippen LogP contribution is 2.16. The van der Waals surface area contributed by atoms with Gasteiger partial charge >= 0.3 is 0 Å². The van der Waals surface area contributed by atoms with Gasteiger partial charge in [0.2, 0.25) is 0 Å². The van der Waals surface area contributed by atoms with E-state index in [4.69, 9.17) is 4.74 Å². The van der Waals surface area contributed by atoms with E-state index in [0.717, 1.165) is 22.7 Å². The summed E-state index contributed by atoms with van der Waals surface area (Å²) in [5.74, 6) is 0.843. The van der Waals surface area contributed by atoms with Crippen LogP contribution in [0.5, 0.6) is 5.75 Å². The molecule has 1 heterocycles. The van der Waals surface area contributed by atoms with Crippen molar-refractivity contribution in [2.75, 3.05) is 19.1 Å². The van der Waals surface area contributed by atoms with Gasteiger partial charge < -0.3 is 10.1 Å². The lowest BCUT2D eigenvalue weighted by molar-refractivity contribution is 0.414. The topological polar surface area (TPSA) is 39.1 Å². The summed E-state index contributed by atoms with van der Waals surface area (Å²) in [6, 6.07) is 7.87. The van der Waals surface area contributed by atoms with Gasteiger partial charge in [-0.2, -0.15) is 5.10 Å². The van der Waals surface area contributed by atoms with Crippen molar-refractivity contribution in [3.8, 4) is 5.75 Å². The van der Waals surface area contributed by atoms with Crippen molar-refractivity contribution in [1.29, 1.82) is 0 Å². The number of hydrogen-bond acceptors (Lipinski definition) is 3. The van der Waals surface area contributed by atoms with Crippen LogP contribution in [0.4, 0.5) is 10.1 Å². The molecule has 0 fully saturated rings. The fourth-order valence-electron chi connectivity index (χ4n) is 1.87. The van der Waals surface area contributed by atoms with Crippen LogP contribution in [-0.2, 0) is 13.1 Å². The van der Waals surface area contributed by atoms with Crippen molar-refractivity contribution >= 4 is 5.69 Å². The van der Waals surface area contributed by atoms with Gasteiger partial charge in [0.15, 0.2) is 0 Å². The van der Waals surface area contributed by atoms with Crippen LogP contribution in [-0.4, -0.2) is 23.6 Å². The summed E-state index contributed by atoms with van der Waals surface area (Å²) in [7, 11) is 1.65. The first-order valence-electron chi connectivity index (χ1n) is 6.19. The van der Waals surface area contributed by atoms with Crippen molar-refractivity contribution in [2.24, 2.45) is 0 Å². The van der Waals surface area contributed by atoms with Crippen LogP contribution in [0, 0.1) is 6.92 Å². The molecule has 0 bridgehead atoms. The molecule has 0 aliphatic rings. The molecule has 2 rings (SSSR count).